The van der Waals surface area contributed by atoms with Gasteiger partial charge in [-0.2, -0.15) is 0 Å². The molecule has 0 spiro atoms. The smallest absolute Gasteiger partial charge is 0.326 e. The van der Waals surface area contributed by atoms with E-state index in [0.29, 0.717) is 19.3 Å². The lowest BCUT2D eigenvalue weighted by molar-refractivity contribution is -0.142. The lowest BCUT2D eigenvalue weighted by Crippen LogP contribution is -2.40. The van der Waals surface area contributed by atoms with Crippen LogP contribution < -0.4 is 5.32 Å². The van der Waals surface area contributed by atoms with Crippen molar-refractivity contribution in [3.63, 3.8) is 0 Å². The number of aliphatic carboxylic acids is 1. The molecule has 0 radical (unpaired) electrons. The van der Waals surface area contributed by atoms with Crippen LogP contribution in [0.1, 0.15) is 51.0 Å². The van der Waals surface area contributed by atoms with Crippen molar-refractivity contribution in [1.82, 2.24) is 5.32 Å². The summed E-state index contributed by atoms with van der Waals surface area (Å²) in [7, 11) is 0. The number of benzene rings is 1. The monoisotopic (exact) mass is 277 g/mol. The molecular formula is C16H23NO3. The third-order valence-electron chi connectivity index (χ3n) is 3.38. The van der Waals surface area contributed by atoms with Crippen LogP contribution in [-0.2, 0) is 9.59 Å². The number of nitrogens with one attached hydrogen (secondary N) is 1. The van der Waals surface area contributed by atoms with Gasteiger partial charge < -0.3 is 10.4 Å². The molecule has 110 valence electrons. The number of carbonyl (C=O) groups is 2. The predicted molar refractivity (Wildman–Crippen MR) is 78.6 cm³/mol. The van der Waals surface area contributed by atoms with Crippen molar-refractivity contribution >= 4 is 11.9 Å². The maximum atomic E-state index is 11.8. The van der Waals surface area contributed by atoms with Crippen LogP contribution in [0.3, 0.4) is 0 Å². The molecule has 0 aliphatic heterocycles. The van der Waals surface area contributed by atoms with Crippen LogP contribution in [0.4, 0.5) is 0 Å². The van der Waals surface area contributed by atoms with Gasteiger partial charge in [0, 0.05) is 6.42 Å². The van der Waals surface area contributed by atoms with Gasteiger partial charge in [0.15, 0.2) is 0 Å². The van der Waals surface area contributed by atoms with E-state index in [-0.39, 0.29) is 11.8 Å². The van der Waals surface area contributed by atoms with Gasteiger partial charge >= 0.3 is 5.97 Å². The molecule has 0 aliphatic carbocycles. The van der Waals surface area contributed by atoms with Crippen LogP contribution in [0.15, 0.2) is 30.3 Å². The molecule has 0 aliphatic rings. The summed E-state index contributed by atoms with van der Waals surface area (Å²) in [6.45, 7) is 3.98. The number of hydrogen-bond acceptors (Lipinski definition) is 2. The van der Waals surface area contributed by atoms with Crippen LogP contribution in [0.5, 0.6) is 0 Å². The maximum absolute atomic E-state index is 11.8. The lowest BCUT2D eigenvalue weighted by atomic mass is 9.96. The van der Waals surface area contributed by atoms with Gasteiger partial charge in [-0.1, -0.05) is 50.6 Å². The highest BCUT2D eigenvalue weighted by Gasteiger charge is 2.19. The Morgan fingerprint density at radius 3 is 2.40 bits per heavy atom. The first-order valence-corrected chi connectivity index (χ1v) is 7.11. The van der Waals surface area contributed by atoms with Gasteiger partial charge in [0.25, 0.3) is 0 Å². The quantitative estimate of drug-likeness (QED) is 0.767. The van der Waals surface area contributed by atoms with E-state index in [1.165, 1.54) is 5.56 Å². The molecule has 4 nitrogen and oxygen atoms in total. The summed E-state index contributed by atoms with van der Waals surface area (Å²) in [6, 6.07) is 9.24. The first-order valence-electron chi connectivity index (χ1n) is 7.11. The second-order valence-corrected chi connectivity index (χ2v) is 5.10. The van der Waals surface area contributed by atoms with Crippen molar-refractivity contribution < 1.29 is 14.7 Å². The molecule has 1 aromatic rings. The first-order chi connectivity index (χ1) is 9.54. The molecule has 2 N–H and O–H groups in total. The summed E-state index contributed by atoms with van der Waals surface area (Å²) in [4.78, 5) is 22.8. The van der Waals surface area contributed by atoms with Crippen molar-refractivity contribution in [3.05, 3.63) is 35.9 Å². The summed E-state index contributed by atoms with van der Waals surface area (Å²) >= 11 is 0. The first kappa shape index (κ1) is 16.2. The van der Waals surface area contributed by atoms with E-state index in [4.69, 9.17) is 5.11 Å². The largest absolute Gasteiger partial charge is 0.480 e. The number of hydrogen-bond donors (Lipinski definition) is 2. The Bertz CT molecular complexity index is 431. The third-order valence-corrected chi connectivity index (χ3v) is 3.38. The Labute approximate surface area is 120 Å². The van der Waals surface area contributed by atoms with E-state index in [1.807, 2.05) is 37.3 Å². The molecule has 0 aromatic heterocycles. The second kappa shape index (κ2) is 8.35. The fourth-order valence-electron chi connectivity index (χ4n) is 2.11. The average Bonchev–Trinajstić information content (AvgIpc) is 2.45. The van der Waals surface area contributed by atoms with E-state index in [9.17, 15) is 9.59 Å². The molecule has 0 heterocycles. The maximum Gasteiger partial charge on any atom is 0.326 e. The van der Waals surface area contributed by atoms with Crippen molar-refractivity contribution in [2.24, 2.45) is 0 Å². The topological polar surface area (TPSA) is 66.4 Å². The van der Waals surface area contributed by atoms with Gasteiger partial charge in [0.1, 0.15) is 6.04 Å². The molecule has 1 rings (SSSR count). The summed E-state index contributed by atoms with van der Waals surface area (Å²) in [6.07, 6.45) is 2.27. The minimum absolute atomic E-state index is 0.186. The van der Waals surface area contributed by atoms with Crippen LogP contribution in [-0.4, -0.2) is 23.0 Å². The van der Waals surface area contributed by atoms with Gasteiger partial charge in [-0.05, 0) is 24.3 Å². The summed E-state index contributed by atoms with van der Waals surface area (Å²) in [5.74, 6) is -0.860. The van der Waals surface area contributed by atoms with Crippen molar-refractivity contribution in [3.8, 4) is 0 Å². The number of amides is 1. The minimum Gasteiger partial charge on any atom is -0.480 e. The fraction of sp³-hybridized carbons (Fsp3) is 0.500. The van der Waals surface area contributed by atoms with Crippen LogP contribution in [0, 0.1) is 0 Å². The molecule has 0 fully saturated rings. The van der Waals surface area contributed by atoms with Crippen molar-refractivity contribution in [2.75, 3.05) is 0 Å². The van der Waals surface area contributed by atoms with Crippen LogP contribution in [0.2, 0.25) is 0 Å². The molecule has 1 aromatic carbocycles. The highest BCUT2D eigenvalue weighted by Crippen LogP contribution is 2.19. The zero-order valence-electron chi connectivity index (χ0n) is 12.1. The van der Waals surface area contributed by atoms with E-state index in [0.717, 1.165) is 6.42 Å². The standard InChI is InChI=1S/C16H23NO3/c1-3-7-14(16(19)20)17-15(18)11-10-12(2)13-8-5-4-6-9-13/h4-6,8-9,12,14H,3,7,10-11H2,1-2H3,(H,17,18)(H,19,20). The Balaban J connectivity index is 2.41. The highest BCUT2D eigenvalue weighted by atomic mass is 16.4. The van der Waals surface area contributed by atoms with Gasteiger partial charge in [-0.25, -0.2) is 4.79 Å². The SMILES string of the molecule is CCCC(NC(=O)CCC(C)c1ccccc1)C(=O)O. The van der Waals surface area contributed by atoms with Gasteiger partial charge in [0.2, 0.25) is 5.91 Å². The molecule has 1 amide bonds. The summed E-state index contributed by atoms with van der Waals surface area (Å²) in [5, 5.41) is 11.6. The third kappa shape index (κ3) is 5.43. The van der Waals surface area contributed by atoms with Gasteiger partial charge in [0.05, 0.1) is 0 Å². The molecule has 0 bridgehead atoms. The van der Waals surface area contributed by atoms with E-state index in [2.05, 4.69) is 12.2 Å². The molecule has 4 heteroatoms. The molecular weight excluding hydrogens is 254 g/mol. The predicted octanol–water partition coefficient (Wildman–Crippen LogP) is 2.94. The normalized spacial score (nSPS) is 13.5. The highest BCUT2D eigenvalue weighted by molar-refractivity contribution is 5.83. The Kier molecular flexibility index (Phi) is 6.77. The van der Waals surface area contributed by atoms with Crippen LogP contribution >= 0.6 is 0 Å². The van der Waals surface area contributed by atoms with Gasteiger partial charge in [-0.15, -0.1) is 0 Å². The number of carbonyl (C=O) groups excluding carboxylic acids is 1. The molecule has 20 heavy (non-hydrogen) atoms. The fourth-order valence-corrected chi connectivity index (χ4v) is 2.11. The minimum atomic E-state index is -0.962. The summed E-state index contributed by atoms with van der Waals surface area (Å²) < 4.78 is 0. The second-order valence-electron chi connectivity index (χ2n) is 5.10. The zero-order valence-corrected chi connectivity index (χ0v) is 12.1. The lowest BCUT2D eigenvalue weighted by Gasteiger charge is -2.15. The van der Waals surface area contributed by atoms with Crippen molar-refractivity contribution in [2.45, 2.75) is 51.5 Å². The molecule has 0 saturated heterocycles. The van der Waals surface area contributed by atoms with E-state index in [1.54, 1.807) is 0 Å². The summed E-state index contributed by atoms with van der Waals surface area (Å²) in [5.41, 5.74) is 1.20. The Morgan fingerprint density at radius 2 is 1.85 bits per heavy atom. The van der Waals surface area contributed by atoms with Crippen LogP contribution in [0.25, 0.3) is 0 Å². The van der Waals surface area contributed by atoms with Gasteiger partial charge in [-0.3, -0.25) is 4.79 Å². The van der Waals surface area contributed by atoms with E-state index >= 15 is 0 Å². The number of rotatable bonds is 8. The molecule has 0 saturated carbocycles. The number of carboxylic acids is 1. The average molecular weight is 277 g/mol. The zero-order chi connectivity index (χ0) is 15.0. The Hall–Kier alpha value is -1.84. The van der Waals surface area contributed by atoms with E-state index < -0.39 is 12.0 Å². The molecule has 2 atom stereocenters. The number of carboxylic acid groups (broad SMARTS) is 1. The molecule has 2 unspecified atom stereocenters. The van der Waals surface area contributed by atoms with Crippen molar-refractivity contribution in [1.29, 1.82) is 0 Å². The Morgan fingerprint density at radius 1 is 1.20 bits per heavy atom.